The van der Waals surface area contributed by atoms with Gasteiger partial charge >= 0.3 is 0 Å². The van der Waals surface area contributed by atoms with Crippen LogP contribution in [0.4, 0.5) is 0 Å². The zero-order valence-corrected chi connectivity index (χ0v) is 17.1. The highest BCUT2D eigenvalue weighted by molar-refractivity contribution is 6.96. The van der Waals surface area contributed by atoms with Gasteiger partial charge in [-0.25, -0.2) is 0 Å². The first kappa shape index (κ1) is 18.1. The van der Waals surface area contributed by atoms with Crippen LogP contribution in [0.5, 0.6) is 5.75 Å². The van der Waals surface area contributed by atoms with E-state index in [4.69, 9.17) is 4.74 Å². The maximum atomic E-state index is 5.94. The van der Waals surface area contributed by atoms with Crippen molar-refractivity contribution in [2.75, 3.05) is 7.11 Å². The van der Waals surface area contributed by atoms with Crippen molar-refractivity contribution in [1.29, 1.82) is 0 Å². The van der Waals surface area contributed by atoms with Gasteiger partial charge in [-0.2, -0.15) is 0 Å². The molecule has 0 radical (unpaired) electrons. The van der Waals surface area contributed by atoms with Crippen molar-refractivity contribution < 1.29 is 4.74 Å². The van der Waals surface area contributed by atoms with Crippen molar-refractivity contribution in [2.45, 2.75) is 59.5 Å². The monoisotopic (exact) mass is 328 g/mol. The van der Waals surface area contributed by atoms with E-state index in [1.54, 1.807) is 10.8 Å². The van der Waals surface area contributed by atoms with Crippen molar-refractivity contribution in [3.8, 4) is 5.75 Å². The number of ether oxygens (including phenoxy) is 1. The predicted octanol–water partition coefficient (Wildman–Crippen LogP) is 5.36. The molecule has 1 nitrogen and oxygen atoms in total. The molecule has 2 rings (SSSR count). The lowest BCUT2D eigenvalue weighted by Crippen LogP contribution is -2.45. The van der Waals surface area contributed by atoms with Crippen LogP contribution in [0, 0.1) is 5.92 Å². The summed E-state index contributed by atoms with van der Waals surface area (Å²) in [5.74, 6) is 1.70. The molecule has 1 aromatic carbocycles. The Bertz CT molecular complexity index is 642. The minimum atomic E-state index is -1.76. The number of benzene rings is 1. The predicted molar refractivity (Wildman–Crippen MR) is 104 cm³/mol. The second-order valence-corrected chi connectivity index (χ2v) is 12.8. The molecular weight excluding hydrogens is 296 g/mol. The Hall–Kier alpha value is -1.28. The zero-order valence-electron chi connectivity index (χ0n) is 16.1. The molecule has 1 aliphatic rings. The molecule has 23 heavy (non-hydrogen) atoms. The van der Waals surface area contributed by atoms with Crippen molar-refractivity contribution in [3.05, 3.63) is 46.7 Å². The highest BCUT2D eigenvalue weighted by atomic mass is 28.3. The third kappa shape index (κ3) is 3.33. The summed E-state index contributed by atoms with van der Waals surface area (Å²) in [6, 6.07) is 6.73. The molecule has 0 spiro atoms. The second kappa shape index (κ2) is 6.31. The smallest absolute Gasteiger partial charge is 0.122 e. The molecule has 0 aliphatic heterocycles. The van der Waals surface area contributed by atoms with Gasteiger partial charge in [-0.3, -0.25) is 0 Å². The lowest BCUT2D eigenvalue weighted by molar-refractivity contribution is 0.400. The van der Waals surface area contributed by atoms with Crippen molar-refractivity contribution in [2.24, 2.45) is 5.92 Å². The number of allylic oxidation sites excluding steroid dienone is 4. The van der Waals surface area contributed by atoms with Crippen LogP contribution >= 0.6 is 0 Å². The van der Waals surface area contributed by atoms with Crippen LogP contribution in [0.15, 0.2) is 41.1 Å². The van der Waals surface area contributed by atoms with Crippen LogP contribution in [0.25, 0.3) is 0 Å². The Labute approximate surface area is 143 Å². The fraction of sp³-hybridized carbons (Fsp3) is 0.524. The summed E-state index contributed by atoms with van der Waals surface area (Å²) in [5, 5.41) is 3.10. The van der Waals surface area contributed by atoms with Gasteiger partial charge in [0, 0.05) is 0 Å². The number of hydrogen-bond acceptors (Lipinski definition) is 1. The summed E-state index contributed by atoms with van der Waals surface area (Å²) >= 11 is 0. The quantitative estimate of drug-likeness (QED) is 0.676. The van der Waals surface area contributed by atoms with Crippen LogP contribution in [0.3, 0.4) is 0 Å². The van der Waals surface area contributed by atoms with E-state index < -0.39 is 8.07 Å². The van der Waals surface area contributed by atoms with Crippen LogP contribution < -0.4 is 9.92 Å². The number of methoxy groups -OCH3 is 1. The van der Waals surface area contributed by atoms with Gasteiger partial charge in [0.25, 0.3) is 0 Å². The summed E-state index contributed by atoms with van der Waals surface area (Å²) in [5.41, 5.74) is 2.95. The molecule has 0 aromatic heterocycles. The minimum Gasteiger partial charge on any atom is -0.497 e. The summed E-state index contributed by atoms with van der Waals surface area (Å²) in [7, 11) is 0.0668. The third-order valence-corrected chi connectivity index (χ3v) is 8.79. The van der Waals surface area contributed by atoms with Crippen LogP contribution in [-0.2, 0) is 5.41 Å². The van der Waals surface area contributed by atoms with Crippen LogP contribution in [0.1, 0.15) is 46.6 Å². The maximum absolute atomic E-state index is 5.94. The topological polar surface area (TPSA) is 9.23 Å². The summed E-state index contributed by atoms with van der Waals surface area (Å²) in [4.78, 5) is 0. The Morgan fingerprint density at radius 2 is 1.78 bits per heavy atom. The first-order valence-electron chi connectivity index (χ1n) is 8.68. The van der Waals surface area contributed by atoms with Crippen molar-refractivity contribution in [1.82, 2.24) is 0 Å². The molecule has 0 bridgehead atoms. The van der Waals surface area contributed by atoms with Crippen LogP contribution in [-0.4, -0.2) is 15.2 Å². The molecule has 0 atom stereocenters. The molecule has 0 heterocycles. The molecule has 0 saturated carbocycles. The van der Waals surface area contributed by atoms with E-state index in [2.05, 4.69) is 78.1 Å². The molecule has 0 unspecified atom stereocenters. The largest absolute Gasteiger partial charge is 0.497 e. The van der Waals surface area contributed by atoms with Crippen molar-refractivity contribution >= 4 is 13.3 Å². The normalized spacial score (nSPS) is 15.7. The van der Waals surface area contributed by atoms with Gasteiger partial charge in [0.2, 0.25) is 0 Å². The standard InChI is InChI=1S/C21H32OSi/c1-15(2)16-11-9-13-18(16)23(7,8)19-14-10-12-17(20(19)22-6)21(3,4)5/h9-12,14-15H,13H2,1-8H3. The average Bonchev–Trinajstić information content (AvgIpc) is 2.95. The third-order valence-electron chi connectivity index (χ3n) is 5.04. The Morgan fingerprint density at radius 3 is 2.30 bits per heavy atom. The number of hydrogen-bond donors (Lipinski definition) is 0. The molecule has 1 aliphatic carbocycles. The van der Waals surface area contributed by atoms with Gasteiger partial charge in [0.15, 0.2) is 0 Å². The lowest BCUT2D eigenvalue weighted by Gasteiger charge is -2.32. The van der Waals surface area contributed by atoms with Gasteiger partial charge in [-0.1, -0.05) is 83.3 Å². The molecule has 126 valence electrons. The molecule has 0 N–H and O–H groups in total. The van der Waals surface area contributed by atoms with Crippen LogP contribution in [0.2, 0.25) is 13.1 Å². The average molecular weight is 329 g/mol. The second-order valence-electron chi connectivity index (χ2n) is 8.46. The highest BCUT2D eigenvalue weighted by Gasteiger charge is 2.36. The van der Waals surface area contributed by atoms with E-state index in [-0.39, 0.29) is 5.41 Å². The Balaban J connectivity index is 2.64. The molecule has 1 aromatic rings. The first-order valence-corrected chi connectivity index (χ1v) is 11.7. The highest BCUT2D eigenvalue weighted by Crippen LogP contribution is 2.36. The van der Waals surface area contributed by atoms with Gasteiger partial charge in [0.05, 0.1) is 7.11 Å². The maximum Gasteiger partial charge on any atom is 0.122 e. The van der Waals surface area contributed by atoms with E-state index in [0.29, 0.717) is 5.92 Å². The Morgan fingerprint density at radius 1 is 1.13 bits per heavy atom. The van der Waals surface area contributed by atoms with Gasteiger partial charge in [-0.15, -0.1) is 0 Å². The summed E-state index contributed by atoms with van der Waals surface area (Å²) in [6.45, 7) is 16.3. The van der Waals surface area contributed by atoms with Crippen molar-refractivity contribution in [3.63, 3.8) is 0 Å². The summed E-state index contributed by atoms with van der Waals surface area (Å²) < 4.78 is 5.94. The van der Waals surface area contributed by atoms with E-state index in [1.165, 1.54) is 10.8 Å². The Kier molecular flexibility index (Phi) is 4.96. The molecular formula is C21H32OSi. The number of para-hydroxylation sites is 1. The van der Waals surface area contributed by atoms with Gasteiger partial charge in [-0.05, 0) is 34.1 Å². The van der Waals surface area contributed by atoms with E-state index in [9.17, 15) is 0 Å². The molecule has 2 heteroatoms. The van der Waals surface area contributed by atoms with Gasteiger partial charge in [0.1, 0.15) is 13.8 Å². The van der Waals surface area contributed by atoms with E-state index in [0.717, 1.165) is 12.2 Å². The molecule has 0 fully saturated rings. The van der Waals surface area contributed by atoms with Gasteiger partial charge < -0.3 is 4.74 Å². The first-order chi connectivity index (χ1) is 10.6. The molecule has 0 saturated heterocycles. The zero-order chi connectivity index (χ0) is 17.4. The van der Waals surface area contributed by atoms with E-state index >= 15 is 0 Å². The minimum absolute atomic E-state index is 0.0923. The lowest BCUT2D eigenvalue weighted by atomic mass is 9.86. The molecule has 0 amide bonds. The number of rotatable bonds is 4. The summed E-state index contributed by atoms with van der Waals surface area (Å²) in [6.07, 6.45) is 5.78. The fourth-order valence-electron chi connectivity index (χ4n) is 3.68. The SMILES string of the molecule is COc1c(C(C)(C)C)cccc1[Si](C)(C)C1=C(C(C)C)C=CC1. The fourth-order valence-corrected chi connectivity index (χ4v) is 7.05. The van der Waals surface area contributed by atoms with E-state index in [1.807, 2.05) is 7.11 Å².